The van der Waals surface area contributed by atoms with Gasteiger partial charge in [0.2, 0.25) is 0 Å². The van der Waals surface area contributed by atoms with Gasteiger partial charge in [0.25, 0.3) is 5.56 Å². The maximum Gasteiger partial charge on any atom is 0.317 e. The molecule has 0 aliphatic carbocycles. The van der Waals surface area contributed by atoms with Crippen LogP contribution < -0.4 is 10.9 Å². The first-order chi connectivity index (χ1) is 15.6. The molecule has 7 heteroatoms. The summed E-state index contributed by atoms with van der Waals surface area (Å²) in [5.74, 6) is 0.798. The minimum Gasteiger partial charge on any atom is -0.338 e. The van der Waals surface area contributed by atoms with Crippen molar-refractivity contribution in [3.63, 3.8) is 0 Å². The van der Waals surface area contributed by atoms with Crippen molar-refractivity contribution in [1.29, 1.82) is 0 Å². The van der Waals surface area contributed by atoms with Crippen LogP contribution >= 0.6 is 0 Å². The van der Waals surface area contributed by atoms with E-state index in [0.717, 1.165) is 36.4 Å². The van der Waals surface area contributed by atoms with E-state index in [0.29, 0.717) is 31.6 Å². The predicted molar refractivity (Wildman–Crippen MR) is 127 cm³/mol. The van der Waals surface area contributed by atoms with Crippen molar-refractivity contribution in [2.24, 2.45) is 0 Å². The van der Waals surface area contributed by atoms with Crippen molar-refractivity contribution in [2.75, 3.05) is 32.7 Å². The molecular formula is C25H31N5O2. The summed E-state index contributed by atoms with van der Waals surface area (Å²) in [4.78, 5) is 34.9. The number of piperazine rings is 1. The molecule has 2 amide bonds. The van der Waals surface area contributed by atoms with Gasteiger partial charge in [-0.05, 0) is 31.0 Å². The van der Waals surface area contributed by atoms with Crippen LogP contribution in [-0.4, -0.2) is 58.1 Å². The van der Waals surface area contributed by atoms with Crippen LogP contribution in [0.2, 0.25) is 0 Å². The molecule has 2 aromatic carbocycles. The van der Waals surface area contributed by atoms with Gasteiger partial charge in [-0.15, -0.1) is 0 Å². The van der Waals surface area contributed by atoms with Gasteiger partial charge in [0.05, 0.1) is 23.5 Å². The third-order valence-electron chi connectivity index (χ3n) is 6.13. The zero-order chi connectivity index (χ0) is 22.5. The fourth-order valence-electron chi connectivity index (χ4n) is 4.46. The summed E-state index contributed by atoms with van der Waals surface area (Å²) in [5.41, 5.74) is 1.80. The number of aromatic nitrogens is 2. The summed E-state index contributed by atoms with van der Waals surface area (Å²) in [6, 6.07) is 17.6. The second kappa shape index (κ2) is 9.96. The Morgan fingerprint density at radius 2 is 1.69 bits per heavy atom. The normalized spacial score (nSPS) is 15.6. The molecule has 1 N–H and O–H groups in total. The first-order valence-corrected chi connectivity index (χ1v) is 11.4. The molecule has 0 saturated carbocycles. The molecule has 168 valence electrons. The van der Waals surface area contributed by atoms with Gasteiger partial charge in [-0.1, -0.05) is 49.4 Å². The highest BCUT2D eigenvalue weighted by Gasteiger charge is 2.29. The van der Waals surface area contributed by atoms with E-state index in [1.807, 2.05) is 71.0 Å². The molecule has 1 saturated heterocycles. The zero-order valence-corrected chi connectivity index (χ0v) is 18.8. The molecule has 4 rings (SSSR count). The van der Waals surface area contributed by atoms with Crippen molar-refractivity contribution in [3.05, 3.63) is 76.3 Å². The van der Waals surface area contributed by atoms with E-state index in [-0.39, 0.29) is 17.6 Å². The predicted octanol–water partition coefficient (Wildman–Crippen LogP) is 3.24. The molecule has 1 fully saturated rings. The van der Waals surface area contributed by atoms with E-state index in [9.17, 15) is 9.59 Å². The highest BCUT2D eigenvalue weighted by molar-refractivity contribution is 5.77. The number of urea groups is 1. The standard InChI is InChI=1S/C25H31N5O2/c1-3-22(28-14-16-29(17-15-28)25(32)26-4-2)23-27-21-13-9-8-12-20(21)24(31)30(23)18-19-10-6-5-7-11-19/h5-13,22H,3-4,14-18H2,1-2H3,(H,26,32). The van der Waals surface area contributed by atoms with Crippen LogP contribution in [0.15, 0.2) is 59.4 Å². The number of hydrogen-bond donors (Lipinski definition) is 1. The number of amides is 2. The second-order valence-corrected chi connectivity index (χ2v) is 8.15. The summed E-state index contributed by atoms with van der Waals surface area (Å²) in [6.07, 6.45) is 0.834. The first-order valence-electron chi connectivity index (χ1n) is 11.4. The molecule has 2 heterocycles. The van der Waals surface area contributed by atoms with Crippen molar-refractivity contribution < 1.29 is 4.79 Å². The Bertz CT molecular complexity index is 1120. The lowest BCUT2D eigenvalue weighted by atomic mass is 10.1. The molecule has 1 unspecified atom stereocenters. The number of benzene rings is 2. The van der Waals surface area contributed by atoms with E-state index >= 15 is 0 Å². The Balaban J connectivity index is 1.69. The maximum atomic E-state index is 13.5. The second-order valence-electron chi connectivity index (χ2n) is 8.15. The SMILES string of the molecule is CCNC(=O)N1CCN(C(CC)c2nc3ccccc3c(=O)n2Cc2ccccc2)CC1. The summed E-state index contributed by atoms with van der Waals surface area (Å²) in [7, 11) is 0. The average molecular weight is 434 g/mol. The summed E-state index contributed by atoms with van der Waals surface area (Å²) in [6.45, 7) is 8.02. The van der Waals surface area contributed by atoms with Crippen molar-refractivity contribution >= 4 is 16.9 Å². The van der Waals surface area contributed by atoms with Gasteiger partial charge in [-0.2, -0.15) is 0 Å². The summed E-state index contributed by atoms with van der Waals surface area (Å²) >= 11 is 0. The van der Waals surface area contributed by atoms with Crippen LogP contribution in [0.1, 0.15) is 37.7 Å². The van der Waals surface area contributed by atoms with Gasteiger partial charge in [-0.25, -0.2) is 9.78 Å². The zero-order valence-electron chi connectivity index (χ0n) is 18.8. The molecule has 0 radical (unpaired) electrons. The van der Waals surface area contributed by atoms with Crippen molar-refractivity contribution in [3.8, 4) is 0 Å². The van der Waals surface area contributed by atoms with Crippen LogP contribution in [0.25, 0.3) is 10.9 Å². The van der Waals surface area contributed by atoms with Crippen LogP contribution in [-0.2, 0) is 6.54 Å². The lowest BCUT2D eigenvalue weighted by Gasteiger charge is -2.39. The number of carbonyl (C=O) groups excluding carboxylic acids is 1. The summed E-state index contributed by atoms with van der Waals surface area (Å²) < 4.78 is 1.84. The van der Waals surface area contributed by atoms with E-state index in [4.69, 9.17) is 4.98 Å². The first kappa shape index (κ1) is 22.0. The molecule has 1 aromatic heterocycles. The van der Waals surface area contributed by atoms with E-state index in [1.54, 1.807) is 0 Å². The Morgan fingerprint density at radius 3 is 2.38 bits per heavy atom. The third kappa shape index (κ3) is 4.53. The van der Waals surface area contributed by atoms with Crippen LogP contribution in [0.5, 0.6) is 0 Å². The third-order valence-corrected chi connectivity index (χ3v) is 6.13. The molecule has 0 bridgehead atoms. The fraction of sp³-hybridized carbons (Fsp3) is 0.400. The Kier molecular flexibility index (Phi) is 6.85. The van der Waals surface area contributed by atoms with E-state index in [1.165, 1.54) is 0 Å². The number of carbonyl (C=O) groups is 1. The molecule has 7 nitrogen and oxygen atoms in total. The van der Waals surface area contributed by atoms with Crippen LogP contribution in [0.4, 0.5) is 4.79 Å². The quantitative estimate of drug-likeness (QED) is 0.648. The number of nitrogens with one attached hydrogen (secondary N) is 1. The van der Waals surface area contributed by atoms with Gasteiger partial charge in [0.15, 0.2) is 0 Å². The fourth-order valence-corrected chi connectivity index (χ4v) is 4.46. The van der Waals surface area contributed by atoms with Crippen LogP contribution in [0.3, 0.4) is 0 Å². The molecule has 1 aliphatic rings. The number of nitrogens with zero attached hydrogens (tertiary/aromatic N) is 4. The Labute approximate surface area is 188 Å². The number of para-hydroxylation sites is 1. The number of rotatable bonds is 6. The van der Waals surface area contributed by atoms with Gasteiger partial charge in [0.1, 0.15) is 5.82 Å². The van der Waals surface area contributed by atoms with E-state index < -0.39 is 0 Å². The molecule has 1 aliphatic heterocycles. The topological polar surface area (TPSA) is 70.5 Å². The van der Waals surface area contributed by atoms with Gasteiger partial charge in [0, 0.05) is 32.7 Å². The van der Waals surface area contributed by atoms with Crippen molar-refractivity contribution in [1.82, 2.24) is 24.7 Å². The smallest absolute Gasteiger partial charge is 0.317 e. The molecule has 32 heavy (non-hydrogen) atoms. The maximum absolute atomic E-state index is 13.5. The largest absolute Gasteiger partial charge is 0.338 e. The molecule has 0 spiro atoms. The molecule has 3 aromatic rings. The highest BCUT2D eigenvalue weighted by atomic mass is 16.2. The molecule has 1 atom stereocenters. The molecular weight excluding hydrogens is 402 g/mol. The minimum absolute atomic E-state index is 0.00568. The lowest BCUT2D eigenvalue weighted by molar-refractivity contribution is 0.101. The lowest BCUT2D eigenvalue weighted by Crippen LogP contribution is -2.52. The monoisotopic (exact) mass is 433 g/mol. The van der Waals surface area contributed by atoms with Gasteiger partial charge < -0.3 is 10.2 Å². The number of hydrogen-bond acceptors (Lipinski definition) is 4. The number of fused-ring (bicyclic) bond motifs is 1. The van der Waals surface area contributed by atoms with E-state index in [2.05, 4.69) is 17.1 Å². The Morgan fingerprint density at radius 1 is 1.00 bits per heavy atom. The highest BCUT2D eigenvalue weighted by Crippen LogP contribution is 2.25. The Hall–Kier alpha value is -3.19. The van der Waals surface area contributed by atoms with Crippen LogP contribution in [0, 0.1) is 0 Å². The average Bonchev–Trinajstić information content (AvgIpc) is 2.83. The van der Waals surface area contributed by atoms with Crippen molar-refractivity contribution in [2.45, 2.75) is 32.9 Å². The minimum atomic E-state index is -0.00925. The van der Waals surface area contributed by atoms with Gasteiger partial charge in [-0.3, -0.25) is 14.3 Å². The summed E-state index contributed by atoms with van der Waals surface area (Å²) in [5, 5.41) is 3.52. The van der Waals surface area contributed by atoms with Gasteiger partial charge >= 0.3 is 6.03 Å².